The number of halogens is 4. The van der Waals surface area contributed by atoms with Gasteiger partial charge in [-0.15, -0.1) is 46.4 Å². The third-order valence-corrected chi connectivity index (χ3v) is 4.96. The average Bonchev–Trinajstić information content (AvgIpc) is 2.27. The van der Waals surface area contributed by atoms with Gasteiger partial charge < -0.3 is 9.79 Å². The molecule has 0 aromatic carbocycles. The SMILES string of the molecule is O=P(O)(O)C(CCl)C(CCCl)=C(CCCl)CCCl. The molecule has 0 saturated carbocycles. The van der Waals surface area contributed by atoms with Gasteiger partial charge in [-0.05, 0) is 19.3 Å². The molecule has 0 saturated heterocycles. The molecule has 8 heteroatoms. The molecule has 0 aliphatic rings. The van der Waals surface area contributed by atoms with Crippen molar-refractivity contribution in [2.24, 2.45) is 0 Å². The van der Waals surface area contributed by atoms with Crippen molar-refractivity contribution in [3.8, 4) is 0 Å². The van der Waals surface area contributed by atoms with Crippen LogP contribution in [0.25, 0.3) is 0 Å². The average molecular weight is 358 g/mol. The van der Waals surface area contributed by atoms with Crippen LogP contribution < -0.4 is 0 Å². The lowest BCUT2D eigenvalue weighted by molar-refractivity contribution is 0.365. The van der Waals surface area contributed by atoms with Gasteiger partial charge in [0.2, 0.25) is 0 Å². The van der Waals surface area contributed by atoms with Gasteiger partial charge >= 0.3 is 7.60 Å². The highest BCUT2D eigenvalue weighted by Gasteiger charge is 2.32. The van der Waals surface area contributed by atoms with Gasteiger partial charge in [0.15, 0.2) is 0 Å². The molecule has 0 amide bonds. The fraction of sp³-hybridized carbons (Fsp3) is 0.800. The molecule has 2 N–H and O–H groups in total. The molecular formula is C10H17Cl4O3P. The van der Waals surface area contributed by atoms with Gasteiger partial charge in [0.05, 0.1) is 5.66 Å². The van der Waals surface area contributed by atoms with Crippen LogP contribution in [0.15, 0.2) is 11.1 Å². The fourth-order valence-corrected chi connectivity index (χ4v) is 4.02. The number of rotatable bonds is 9. The Labute approximate surface area is 128 Å². The van der Waals surface area contributed by atoms with Crippen molar-refractivity contribution in [1.29, 1.82) is 0 Å². The van der Waals surface area contributed by atoms with Gasteiger partial charge in [0.1, 0.15) is 0 Å². The van der Waals surface area contributed by atoms with E-state index in [4.69, 9.17) is 46.4 Å². The van der Waals surface area contributed by atoms with E-state index in [1.165, 1.54) is 0 Å². The monoisotopic (exact) mass is 356 g/mol. The van der Waals surface area contributed by atoms with Crippen molar-refractivity contribution in [2.75, 3.05) is 23.5 Å². The molecule has 0 spiro atoms. The van der Waals surface area contributed by atoms with Gasteiger partial charge in [0, 0.05) is 23.5 Å². The minimum Gasteiger partial charge on any atom is -0.324 e. The summed E-state index contributed by atoms with van der Waals surface area (Å²) in [6.07, 6.45) is 1.45. The summed E-state index contributed by atoms with van der Waals surface area (Å²) < 4.78 is 11.5. The Morgan fingerprint density at radius 2 is 1.39 bits per heavy atom. The van der Waals surface area contributed by atoms with Crippen LogP contribution in [0.2, 0.25) is 0 Å². The van der Waals surface area contributed by atoms with Crippen molar-refractivity contribution < 1.29 is 14.4 Å². The Morgan fingerprint density at radius 1 is 0.944 bits per heavy atom. The third kappa shape index (κ3) is 6.47. The van der Waals surface area contributed by atoms with Crippen molar-refractivity contribution in [3.05, 3.63) is 11.1 Å². The van der Waals surface area contributed by atoms with E-state index in [0.717, 1.165) is 5.57 Å². The zero-order valence-corrected chi connectivity index (χ0v) is 13.7. The molecule has 0 fully saturated rings. The van der Waals surface area contributed by atoms with Gasteiger partial charge in [0.25, 0.3) is 0 Å². The highest BCUT2D eigenvalue weighted by molar-refractivity contribution is 7.53. The molecule has 0 heterocycles. The Morgan fingerprint density at radius 3 is 1.67 bits per heavy atom. The van der Waals surface area contributed by atoms with E-state index in [2.05, 4.69) is 0 Å². The van der Waals surface area contributed by atoms with E-state index >= 15 is 0 Å². The molecule has 0 aliphatic carbocycles. The van der Waals surface area contributed by atoms with Gasteiger partial charge in [-0.1, -0.05) is 11.1 Å². The van der Waals surface area contributed by atoms with E-state index in [0.29, 0.717) is 36.6 Å². The van der Waals surface area contributed by atoms with E-state index in [1.54, 1.807) is 0 Å². The number of alkyl halides is 4. The van der Waals surface area contributed by atoms with E-state index < -0.39 is 13.3 Å². The fourth-order valence-electron chi connectivity index (χ4n) is 1.74. The predicted octanol–water partition coefficient (Wildman–Crippen LogP) is 3.95. The molecule has 0 bridgehead atoms. The summed E-state index contributed by atoms with van der Waals surface area (Å²) in [6, 6.07) is 0. The van der Waals surface area contributed by atoms with E-state index in [9.17, 15) is 14.4 Å². The topological polar surface area (TPSA) is 57.5 Å². The first-order chi connectivity index (χ1) is 8.42. The van der Waals surface area contributed by atoms with Crippen LogP contribution in [-0.4, -0.2) is 39.0 Å². The van der Waals surface area contributed by atoms with Crippen molar-refractivity contribution in [2.45, 2.75) is 24.9 Å². The van der Waals surface area contributed by atoms with Crippen LogP contribution in [0.1, 0.15) is 19.3 Å². The number of hydrogen-bond acceptors (Lipinski definition) is 1. The summed E-state index contributed by atoms with van der Waals surface area (Å²) in [4.78, 5) is 18.7. The molecular weight excluding hydrogens is 341 g/mol. The lowest BCUT2D eigenvalue weighted by Gasteiger charge is -2.22. The van der Waals surface area contributed by atoms with Crippen LogP contribution in [0.3, 0.4) is 0 Å². The summed E-state index contributed by atoms with van der Waals surface area (Å²) >= 11 is 22.8. The molecule has 18 heavy (non-hydrogen) atoms. The smallest absolute Gasteiger partial charge is 0.324 e. The molecule has 108 valence electrons. The molecule has 0 aromatic rings. The molecule has 0 aliphatic heterocycles. The standard InChI is InChI=1S/C10H17Cl4O3P/c11-4-1-8(2-5-12)9(3-6-13)10(7-14)18(15,16)17/h10H,1-7H2,(H2,15,16,17). The van der Waals surface area contributed by atoms with E-state index in [-0.39, 0.29) is 11.8 Å². The van der Waals surface area contributed by atoms with Crippen LogP contribution in [0, 0.1) is 0 Å². The quantitative estimate of drug-likeness (QED) is 0.373. The van der Waals surface area contributed by atoms with Crippen molar-refractivity contribution >= 4 is 54.0 Å². The maximum Gasteiger partial charge on any atom is 0.333 e. The molecule has 1 atom stereocenters. The summed E-state index contributed by atoms with van der Waals surface area (Å²) in [5.74, 6) is 0.865. The Bertz CT molecular complexity index is 308. The lowest BCUT2D eigenvalue weighted by atomic mass is 9.98. The zero-order chi connectivity index (χ0) is 14.2. The van der Waals surface area contributed by atoms with E-state index in [1.807, 2.05) is 0 Å². The minimum absolute atomic E-state index is 0.148. The molecule has 0 rings (SSSR count). The lowest BCUT2D eigenvalue weighted by Crippen LogP contribution is -2.17. The first-order valence-corrected chi connectivity index (χ1v) is 9.24. The molecule has 0 aromatic heterocycles. The maximum atomic E-state index is 11.5. The molecule has 3 nitrogen and oxygen atoms in total. The summed E-state index contributed by atoms with van der Waals surface area (Å²) in [7, 11) is -4.30. The van der Waals surface area contributed by atoms with Crippen LogP contribution in [0.4, 0.5) is 0 Å². The zero-order valence-electron chi connectivity index (χ0n) is 9.79. The second kappa shape index (κ2) is 9.88. The first kappa shape index (κ1) is 19.1. The Balaban J connectivity index is 5.44. The summed E-state index contributed by atoms with van der Waals surface area (Å²) in [5.41, 5.74) is 0.462. The highest BCUT2D eigenvalue weighted by Crippen LogP contribution is 2.47. The van der Waals surface area contributed by atoms with Crippen LogP contribution >= 0.6 is 54.0 Å². The first-order valence-electron chi connectivity index (χ1n) is 5.42. The second-order valence-corrected chi connectivity index (χ2v) is 6.95. The summed E-state index contributed by atoms with van der Waals surface area (Å²) in [6.45, 7) is 0. The minimum atomic E-state index is -4.30. The van der Waals surface area contributed by atoms with Gasteiger partial charge in [-0.2, -0.15) is 0 Å². The van der Waals surface area contributed by atoms with Crippen molar-refractivity contribution in [3.63, 3.8) is 0 Å². The van der Waals surface area contributed by atoms with Crippen molar-refractivity contribution in [1.82, 2.24) is 0 Å². The molecule has 1 unspecified atom stereocenters. The predicted molar refractivity (Wildman–Crippen MR) is 79.6 cm³/mol. The maximum absolute atomic E-state index is 11.5. The third-order valence-electron chi connectivity index (χ3n) is 2.56. The van der Waals surface area contributed by atoms with Crippen LogP contribution in [0.5, 0.6) is 0 Å². The normalized spacial score (nSPS) is 13.4. The Hall–Kier alpha value is 1.05. The second-order valence-electron chi connectivity index (χ2n) is 3.70. The number of allylic oxidation sites excluding steroid dienone is 2. The summed E-state index contributed by atoms with van der Waals surface area (Å²) in [5, 5.41) is 0. The highest BCUT2D eigenvalue weighted by atomic mass is 35.5. The van der Waals surface area contributed by atoms with Crippen LogP contribution in [-0.2, 0) is 4.57 Å². The Kier molecular flexibility index (Phi) is 10.5. The molecule has 0 radical (unpaired) electrons. The largest absolute Gasteiger partial charge is 0.333 e. The van der Waals surface area contributed by atoms with Gasteiger partial charge in [-0.3, -0.25) is 4.57 Å². The van der Waals surface area contributed by atoms with Gasteiger partial charge in [-0.25, -0.2) is 0 Å². The number of hydrogen-bond donors (Lipinski definition) is 2.